The molecular weight excluding hydrogens is 553 g/mol. The van der Waals surface area contributed by atoms with E-state index in [-0.39, 0.29) is 6.10 Å². The van der Waals surface area contributed by atoms with E-state index in [0.29, 0.717) is 5.25 Å². The van der Waals surface area contributed by atoms with Gasteiger partial charge in [0.05, 0.1) is 10.1 Å². The average molecular weight is 581 g/mol. The van der Waals surface area contributed by atoms with Crippen molar-refractivity contribution < 1.29 is 4.74 Å². The molecule has 0 saturated carbocycles. The lowest BCUT2D eigenvalue weighted by atomic mass is 9.90. The van der Waals surface area contributed by atoms with Gasteiger partial charge in [-0.25, -0.2) is 0 Å². The molecule has 2 heteroatoms. The van der Waals surface area contributed by atoms with Crippen LogP contribution in [0.3, 0.4) is 0 Å². The fraction of sp³-hybridized carbons (Fsp3) is 0.0476. The third-order valence-electron chi connectivity index (χ3n) is 9.01. The average Bonchev–Trinajstić information content (AvgIpc) is 3.10. The molecule has 7 aromatic rings. The number of thioether (sulfide) groups is 1. The lowest BCUT2D eigenvalue weighted by Crippen LogP contribution is -2.30. The molecule has 0 spiro atoms. The summed E-state index contributed by atoms with van der Waals surface area (Å²) in [6.45, 7) is 0. The van der Waals surface area contributed by atoms with Crippen molar-refractivity contribution in [1.82, 2.24) is 0 Å². The maximum absolute atomic E-state index is 6.37. The van der Waals surface area contributed by atoms with Gasteiger partial charge in [0.2, 0.25) is 0 Å². The largest absolute Gasteiger partial charge is 0.484 e. The van der Waals surface area contributed by atoms with Crippen LogP contribution in [0.25, 0.3) is 65.7 Å². The predicted octanol–water partition coefficient (Wildman–Crippen LogP) is 11.5. The Bertz CT molecular complexity index is 2280. The molecule has 1 aliphatic carbocycles. The molecular formula is C42H28OS. The predicted molar refractivity (Wildman–Crippen MR) is 188 cm³/mol. The third-order valence-corrected chi connectivity index (χ3v) is 10.4. The highest BCUT2D eigenvalue weighted by atomic mass is 32.2. The fourth-order valence-corrected chi connectivity index (χ4v) is 8.07. The van der Waals surface area contributed by atoms with Gasteiger partial charge in [-0.15, -0.1) is 11.8 Å². The molecule has 1 nitrogen and oxygen atoms in total. The molecule has 0 bridgehead atoms. The zero-order valence-corrected chi connectivity index (χ0v) is 24.8. The van der Waals surface area contributed by atoms with Gasteiger partial charge in [-0.3, -0.25) is 0 Å². The van der Waals surface area contributed by atoms with E-state index >= 15 is 0 Å². The maximum Gasteiger partial charge on any atom is 0.134 e. The highest BCUT2D eigenvalue weighted by molar-refractivity contribution is 8.00. The minimum Gasteiger partial charge on any atom is -0.484 e. The SMILES string of the molecule is C1=CC2Oc3cccc(-c4ccc(-c5ccc6c7ccccc7c7cc(-c8ccccc8)ccc7c6c5)cc4)c3SC2C=C1. The van der Waals surface area contributed by atoms with Gasteiger partial charge in [-0.05, 0) is 90.0 Å². The van der Waals surface area contributed by atoms with Gasteiger partial charge in [0, 0.05) is 0 Å². The molecule has 0 radical (unpaired) electrons. The van der Waals surface area contributed by atoms with Gasteiger partial charge in [0.25, 0.3) is 0 Å². The second-order valence-corrected chi connectivity index (χ2v) is 12.8. The van der Waals surface area contributed by atoms with Crippen molar-refractivity contribution in [2.24, 2.45) is 0 Å². The Balaban J connectivity index is 1.14. The van der Waals surface area contributed by atoms with Gasteiger partial charge in [-0.1, -0.05) is 133 Å². The van der Waals surface area contributed by atoms with E-state index in [2.05, 4.69) is 158 Å². The molecule has 2 aliphatic rings. The number of rotatable bonds is 3. The summed E-state index contributed by atoms with van der Waals surface area (Å²) in [6.07, 6.45) is 8.70. The standard InChI is InChI=1S/C42H28OS/c1-2-9-27(10-3-1)30-22-24-36-37(25-30)34-12-5-4-11-33(34)35-23-21-31(26-38(35)36)28-17-19-29(20-18-28)32-13-8-15-40-42(32)44-41-16-7-6-14-39(41)43-40/h1-26,39,41H. The minimum absolute atomic E-state index is 0.0983. The van der Waals surface area contributed by atoms with Crippen LogP contribution < -0.4 is 4.74 Å². The van der Waals surface area contributed by atoms with E-state index in [4.69, 9.17) is 4.74 Å². The normalized spacial score (nSPS) is 17.0. The van der Waals surface area contributed by atoms with Gasteiger partial charge in [0.15, 0.2) is 0 Å². The minimum atomic E-state index is 0.0983. The first kappa shape index (κ1) is 25.4. The van der Waals surface area contributed by atoms with Crippen LogP contribution in [0, 0.1) is 0 Å². The van der Waals surface area contributed by atoms with Crippen LogP contribution in [0.15, 0.2) is 163 Å². The van der Waals surface area contributed by atoms with Crippen molar-refractivity contribution >= 4 is 44.1 Å². The van der Waals surface area contributed by atoms with Crippen LogP contribution in [-0.2, 0) is 0 Å². The molecule has 2 unspecified atom stereocenters. The van der Waals surface area contributed by atoms with Crippen LogP contribution in [0.4, 0.5) is 0 Å². The van der Waals surface area contributed by atoms with Crippen molar-refractivity contribution in [3.8, 4) is 39.1 Å². The molecule has 44 heavy (non-hydrogen) atoms. The molecule has 208 valence electrons. The van der Waals surface area contributed by atoms with Crippen LogP contribution in [0.5, 0.6) is 5.75 Å². The number of ether oxygens (including phenoxy) is 1. The molecule has 7 aromatic carbocycles. The molecule has 1 aliphatic heterocycles. The zero-order valence-electron chi connectivity index (χ0n) is 24.0. The maximum atomic E-state index is 6.37. The monoisotopic (exact) mass is 580 g/mol. The number of benzene rings is 7. The van der Waals surface area contributed by atoms with E-state index in [0.717, 1.165) is 5.75 Å². The lowest BCUT2D eigenvalue weighted by Gasteiger charge is -2.32. The molecule has 0 aromatic heterocycles. The topological polar surface area (TPSA) is 9.23 Å². The highest BCUT2D eigenvalue weighted by Gasteiger charge is 2.30. The number of allylic oxidation sites excluding steroid dienone is 2. The Morgan fingerprint density at radius 1 is 0.432 bits per heavy atom. The highest BCUT2D eigenvalue weighted by Crippen LogP contribution is 2.47. The Kier molecular flexibility index (Phi) is 5.95. The number of hydrogen-bond donors (Lipinski definition) is 0. The van der Waals surface area contributed by atoms with Gasteiger partial charge >= 0.3 is 0 Å². The molecule has 0 saturated heterocycles. The molecule has 9 rings (SSSR count). The summed E-state index contributed by atoms with van der Waals surface area (Å²) in [7, 11) is 0. The lowest BCUT2D eigenvalue weighted by molar-refractivity contribution is 0.244. The number of hydrogen-bond acceptors (Lipinski definition) is 2. The Morgan fingerprint density at radius 3 is 1.75 bits per heavy atom. The third kappa shape index (κ3) is 4.17. The summed E-state index contributed by atoms with van der Waals surface area (Å²) < 4.78 is 6.37. The second-order valence-electron chi connectivity index (χ2n) is 11.6. The van der Waals surface area contributed by atoms with Crippen LogP contribution in [0.2, 0.25) is 0 Å². The fourth-order valence-electron chi connectivity index (χ4n) is 6.81. The quantitative estimate of drug-likeness (QED) is 0.192. The van der Waals surface area contributed by atoms with Crippen LogP contribution in [0.1, 0.15) is 0 Å². The van der Waals surface area contributed by atoms with Crippen molar-refractivity contribution in [3.05, 3.63) is 158 Å². The summed E-state index contributed by atoms with van der Waals surface area (Å²) in [5.74, 6) is 0.974. The van der Waals surface area contributed by atoms with Gasteiger partial charge in [0.1, 0.15) is 11.9 Å². The summed E-state index contributed by atoms with van der Waals surface area (Å²) >= 11 is 1.90. The van der Waals surface area contributed by atoms with E-state index in [1.54, 1.807) is 0 Å². The summed E-state index contributed by atoms with van der Waals surface area (Å²) in [6, 6.07) is 48.8. The second kappa shape index (κ2) is 10.3. The first-order chi connectivity index (χ1) is 21.8. The molecule has 0 amide bonds. The van der Waals surface area contributed by atoms with E-state index in [9.17, 15) is 0 Å². The first-order valence-electron chi connectivity index (χ1n) is 15.2. The summed E-state index contributed by atoms with van der Waals surface area (Å²) in [5.41, 5.74) is 7.36. The first-order valence-corrected chi connectivity index (χ1v) is 16.0. The summed E-state index contributed by atoms with van der Waals surface area (Å²) in [5, 5.41) is 8.05. The van der Waals surface area contributed by atoms with Crippen molar-refractivity contribution in [2.45, 2.75) is 16.2 Å². The van der Waals surface area contributed by atoms with Crippen LogP contribution in [-0.4, -0.2) is 11.4 Å². The Hall–Kier alpha value is -5.05. The Morgan fingerprint density at radius 2 is 1.00 bits per heavy atom. The summed E-state index contributed by atoms with van der Waals surface area (Å²) in [4.78, 5) is 1.22. The van der Waals surface area contributed by atoms with Gasteiger partial charge < -0.3 is 4.74 Å². The Labute approximate surface area is 261 Å². The van der Waals surface area contributed by atoms with E-state index < -0.39 is 0 Å². The van der Waals surface area contributed by atoms with Crippen molar-refractivity contribution in [3.63, 3.8) is 0 Å². The van der Waals surface area contributed by atoms with Crippen LogP contribution >= 0.6 is 11.8 Å². The number of fused-ring (bicyclic) bond motifs is 8. The molecule has 0 N–H and O–H groups in total. The van der Waals surface area contributed by atoms with Gasteiger partial charge in [-0.2, -0.15) is 0 Å². The van der Waals surface area contributed by atoms with Crippen molar-refractivity contribution in [2.75, 3.05) is 0 Å². The van der Waals surface area contributed by atoms with E-state index in [1.165, 1.54) is 70.6 Å². The molecule has 1 heterocycles. The molecule has 2 atom stereocenters. The zero-order chi connectivity index (χ0) is 29.0. The molecule has 0 fully saturated rings. The smallest absolute Gasteiger partial charge is 0.134 e. The van der Waals surface area contributed by atoms with Crippen molar-refractivity contribution in [1.29, 1.82) is 0 Å². The van der Waals surface area contributed by atoms with E-state index in [1.807, 2.05) is 11.8 Å².